The van der Waals surface area contributed by atoms with Gasteiger partial charge in [0.05, 0.1) is 0 Å². The van der Waals surface area contributed by atoms with Gasteiger partial charge in [-0.2, -0.15) is 0 Å². The van der Waals surface area contributed by atoms with E-state index in [-0.39, 0.29) is 5.57 Å². The maximum Gasteiger partial charge on any atom is 0.267 e. The van der Waals surface area contributed by atoms with E-state index in [2.05, 4.69) is 4.99 Å². The molecule has 0 aliphatic carbocycles. The molecule has 0 aromatic carbocycles. The van der Waals surface area contributed by atoms with Crippen molar-refractivity contribution < 1.29 is 13.6 Å². The summed E-state index contributed by atoms with van der Waals surface area (Å²) in [5.41, 5.74) is -0.301. The van der Waals surface area contributed by atoms with Crippen molar-refractivity contribution in [2.24, 2.45) is 4.99 Å². The zero-order valence-electron chi connectivity index (χ0n) is 5.30. The number of halogens is 3. The van der Waals surface area contributed by atoms with Crippen LogP contribution in [-0.2, 0) is 4.79 Å². The third-order valence-corrected chi connectivity index (χ3v) is 1.48. The summed E-state index contributed by atoms with van der Waals surface area (Å²) in [5, 5.41) is -1.04. The smallest absolute Gasteiger partial charge is 0.267 e. The average Bonchev–Trinajstić information content (AvgIpc) is 1.94. The highest BCUT2D eigenvalue weighted by atomic mass is 35.5. The highest BCUT2D eigenvalue weighted by Gasteiger charge is 2.20. The molecule has 11 heavy (non-hydrogen) atoms. The van der Waals surface area contributed by atoms with E-state index in [1.807, 2.05) is 0 Å². The molecule has 0 aromatic rings. The molecule has 0 aromatic heterocycles. The molecule has 0 radical (unpaired) electrons. The zero-order chi connectivity index (χ0) is 8.43. The van der Waals surface area contributed by atoms with Crippen molar-refractivity contribution in [1.29, 1.82) is 0 Å². The Kier molecular flexibility index (Phi) is 2.34. The van der Waals surface area contributed by atoms with Crippen molar-refractivity contribution in [3.05, 3.63) is 11.6 Å². The number of carbonyl (C=O) groups excluding carboxylic acids is 1. The molecular weight excluding hydrogens is 176 g/mol. The van der Waals surface area contributed by atoms with Gasteiger partial charge in [0.1, 0.15) is 5.38 Å². The van der Waals surface area contributed by atoms with Gasteiger partial charge in [0.2, 0.25) is 0 Å². The topological polar surface area (TPSA) is 29.4 Å². The fourth-order valence-corrected chi connectivity index (χ4v) is 0.824. The lowest BCUT2D eigenvalue weighted by Gasteiger charge is -2.07. The van der Waals surface area contributed by atoms with Crippen LogP contribution in [0, 0.1) is 0 Å². The lowest BCUT2D eigenvalue weighted by molar-refractivity contribution is -0.116. The van der Waals surface area contributed by atoms with Gasteiger partial charge in [-0.15, -0.1) is 11.6 Å². The molecule has 1 heterocycles. The minimum atomic E-state index is -2.62. The van der Waals surface area contributed by atoms with Crippen LogP contribution < -0.4 is 0 Å². The average molecular weight is 180 g/mol. The molecule has 0 bridgehead atoms. The normalized spacial score (nSPS) is 24.2. The number of aliphatic imine (C=N–C) groups is 1. The standard InChI is InChI=1S/C6H4ClF2NO/c7-4-1-3(5(8)9)2-10-6(4)11/h1-2,4-5H. The molecular formula is C6H4ClF2NO. The number of rotatable bonds is 1. The third kappa shape index (κ3) is 1.83. The fourth-order valence-electron chi connectivity index (χ4n) is 0.622. The van der Waals surface area contributed by atoms with E-state index in [1.54, 1.807) is 0 Å². The van der Waals surface area contributed by atoms with Crippen LogP contribution in [0.15, 0.2) is 16.6 Å². The van der Waals surface area contributed by atoms with Gasteiger partial charge in [-0.3, -0.25) is 4.79 Å². The number of nitrogens with zero attached hydrogens (tertiary/aromatic N) is 1. The van der Waals surface area contributed by atoms with E-state index in [1.165, 1.54) is 0 Å². The van der Waals surface area contributed by atoms with Crippen LogP contribution in [0.3, 0.4) is 0 Å². The summed E-state index contributed by atoms with van der Waals surface area (Å²) < 4.78 is 23.8. The number of alkyl halides is 3. The summed E-state index contributed by atoms with van der Waals surface area (Å²) in [5.74, 6) is -0.601. The van der Waals surface area contributed by atoms with Gasteiger partial charge in [0.25, 0.3) is 12.3 Å². The summed E-state index contributed by atoms with van der Waals surface area (Å²) in [6.07, 6.45) is -0.777. The molecule has 2 nitrogen and oxygen atoms in total. The van der Waals surface area contributed by atoms with Crippen LogP contribution in [0.5, 0.6) is 0 Å². The molecule has 0 saturated carbocycles. The summed E-state index contributed by atoms with van der Waals surface area (Å²) in [7, 11) is 0. The van der Waals surface area contributed by atoms with Gasteiger partial charge >= 0.3 is 0 Å². The molecule has 0 N–H and O–H groups in total. The summed E-state index contributed by atoms with van der Waals surface area (Å²) in [6, 6.07) is 0. The Hall–Kier alpha value is -0.770. The first kappa shape index (κ1) is 8.33. The van der Waals surface area contributed by atoms with Crippen molar-refractivity contribution in [3.8, 4) is 0 Å². The summed E-state index contributed by atoms with van der Waals surface area (Å²) in [6.45, 7) is 0. The number of dihydropyridines is 1. The van der Waals surface area contributed by atoms with Crippen LogP contribution in [0.1, 0.15) is 0 Å². The number of hydrogen-bond donors (Lipinski definition) is 0. The second kappa shape index (κ2) is 3.09. The van der Waals surface area contributed by atoms with Crippen molar-refractivity contribution >= 4 is 23.7 Å². The van der Waals surface area contributed by atoms with Gasteiger partial charge < -0.3 is 0 Å². The van der Waals surface area contributed by atoms with Gasteiger partial charge in [0, 0.05) is 11.8 Å². The van der Waals surface area contributed by atoms with Crippen LogP contribution in [0.25, 0.3) is 0 Å². The Morgan fingerprint density at radius 1 is 1.64 bits per heavy atom. The molecule has 1 rings (SSSR count). The molecule has 0 spiro atoms. The predicted octanol–water partition coefficient (Wildman–Crippen LogP) is 1.40. The molecule has 60 valence electrons. The largest absolute Gasteiger partial charge is 0.271 e. The Morgan fingerprint density at radius 2 is 2.27 bits per heavy atom. The first-order valence-corrected chi connectivity index (χ1v) is 3.27. The van der Waals surface area contributed by atoms with Crippen molar-refractivity contribution in [1.82, 2.24) is 0 Å². The van der Waals surface area contributed by atoms with Crippen LogP contribution >= 0.6 is 11.6 Å². The summed E-state index contributed by atoms with van der Waals surface area (Å²) >= 11 is 5.33. The Bertz CT molecular complexity index is 237. The zero-order valence-corrected chi connectivity index (χ0v) is 6.05. The molecule has 1 atom stereocenters. The second-order valence-corrected chi connectivity index (χ2v) is 2.44. The van der Waals surface area contributed by atoms with Crippen molar-refractivity contribution in [2.75, 3.05) is 0 Å². The molecule has 1 amide bonds. The predicted molar refractivity (Wildman–Crippen MR) is 37.2 cm³/mol. The number of carbonyl (C=O) groups is 1. The molecule has 5 heteroatoms. The van der Waals surface area contributed by atoms with Crippen molar-refractivity contribution in [2.45, 2.75) is 11.8 Å². The van der Waals surface area contributed by atoms with Gasteiger partial charge in [-0.05, 0) is 6.08 Å². The second-order valence-electron chi connectivity index (χ2n) is 1.97. The van der Waals surface area contributed by atoms with Crippen LogP contribution in [-0.4, -0.2) is 23.9 Å². The summed E-state index contributed by atoms with van der Waals surface area (Å²) in [4.78, 5) is 13.7. The minimum absolute atomic E-state index is 0.301. The third-order valence-electron chi connectivity index (χ3n) is 1.17. The van der Waals surface area contributed by atoms with Gasteiger partial charge in [-0.1, -0.05) is 0 Å². The first-order chi connectivity index (χ1) is 5.11. The minimum Gasteiger partial charge on any atom is -0.271 e. The molecule has 1 aliphatic rings. The highest BCUT2D eigenvalue weighted by Crippen LogP contribution is 2.14. The Labute approximate surface area is 66.6 Å². The van der Waals surface area contributed by atoms with E-state index < -0.39 is 17.7 Å². The number of amides is 1. The number of allylic oxidation sites excluding steroid dienone is 1. The maximum atomic E-state index is 11.9. The van der Waals surface area contributed by atoms with E-state index in [9.17, 15) is 13.6 Å². The van der Waals surface area contributed by atoms with E-state index in [0.717, 1.165) is 12.3 Å². The maximum absolute atomic E-state index is 11.9. The number of hydrogen-bond acceptors (Lipinski definition) is 1. The fraction of sp³-hybridized carbons (Fsp3) is 0.333. The molecule has 0 saturated heterocycles. The lowest BCUT2D eigenvalue weighted by Crippen LogP contribution is -2.17. The first-order valence-electron chi connectivity index (χ1n) is 2.83. The van der Waals surface area contributed by atoms with Gasteiger partial charge in [-0.25, -0.2) is 13.8 Å². The lowest BCUT2D eigenvalue weighted by atomic mass is 10.2. The van der Waals surface area contributed by atoms with Gasteiger partial charge in [0.15, 0.2) is 0 Å². The Balaban J connectivity index is 2.80. The van der Waals surface area contributed by atoms with Crippen LogP contribution in [0.2, 0.25) is 0 Å². The highest BCUT2D eigenvalue weighted by molar-refractivity contribution is 6.33. The quantitative estimate of drug-likeness (QED) is 0.560. The van der Waals surface area contributed by atoms with E-state index in [4.69, 9.17) is 11.6 Å². The van der Waals surface area contributed by atoms with E-state index >= 15 is 0 Å². The van der Waals surface area contributed by atoms with Crippen molar-refractivity contribution in [3.63, 3.8) is 0 Å². The Morgan fingerprint density at radius 3 is 2.73 bits per heavy atom. The van der Waals surface area contributed by atoms with E-state index in [0.29, 0.717) is 0 Å². The molecule has 1 unspecified atom stereocenters. The monoisotopic (exact) mass is 179 g/mol. The molecule has 0 fully saturated rings. The van der Waals surface area contributed by atoms with Crippen LogP contribution in [0.4, 0.5) is 8.78 Å². The molecule has 1 aliphatic heterocycles. The SMILES string of the molecule is O=C1N=CC(C(F)F)=CC1Cl.